The zero-order valence-corrected chi connectivity index (χ0v) is 12.6. The third-order valence-corrected chi connectivity index (χ3v) is 4.61. The van der Waals surface area contributed by atoms with Gasteiger partial charge in [-0.2, -0.15) is 5.26 Å². The molecule has 0 aliphatic heterocycles. The fourth-order valence-electron chi connectivity index (χ4n) is 3.10. The summed E-state index contributed by atoms with van der Waals surface area (Å²) in [6, 6.07) is 19.5. The minimum atomic E-state index is -0.307. The predicted molar refractivity (Wildman–Crippen MR) is 86.3 cm³/mol. The number of nitrogens with one attached hydrogen (secondary N) is 1. The molecule has 2 heteroatoms. The van der Waals surface area contributed by atoms with Crippen molar-refractivity contribution < 1.29 is 0 Å². The summed E-state index contributed by atoms with van der Waals surface area (Å²) in [5.41, 5.74) is 4.60. The van der Waals surface area contributed by atoms with Gasteiger partial charge in [-0.05, 0) is 55.5 Å². The molecule has 106 valence electrons. The molecule has 0 amide bonds. The third kappa shape index (κ3) is 2.52. The average molecular weight is 276 g/mol. The Kier molecular flexibility index (Phi) is 3.43. The Morgan fingerprint density at radius 1 is 1.05 bits per heavy atom. The molecule has 2 aromatic carbocycles. The van der Waals surface area contributed by atoms with Gasteiger partial charge in [-0.1, -0.05) is 36.4 Å². The van der Waals surface area contributed by atoms with Crippen LogP contribution in [0.2, 0.25) is 0 Å². The van der Waals surface area contributed by atoms with E-state index in [-0.39, 0.29) is 5.41 Å². The van der Waals surface area contributed by atoms with Crippen LogP contribution in [0.25, 0.3) is 0 Å². The van der Waals surface area contributed by atoms with Crippen LogP contribution in [0.5, 0.6) is 0 Å². The summed E-state index contributed by atoms with van der Waals surface area (Å²) in [6.45, 7) is 4.25. The lowest BCUT2D eigenvalue weighted by Gasteiger charge is -2.43. The molecule has 1 aliphatic rings. The van der Waals surface area contributed by atoms with Crippen molar-refractivity contribution >= 4 is 5.69 Å². The lowest BCUT2D eigenvalue weighted by Crippen LogP contribution is -2.47. The number of hydrogen-bond acceptors (Lipinski definition) is 2. The van der Waals surface area contributed by atoms with Gasteiger partial charge in [0.05, 0.1) is 11.5 Å². The highest BCUT2D eigenvalue weighted by atomic mass is 14.9. The van der Waals surface area contributed by atoms with Crippen molar-refractivity contribution in [3.05, 3.63) is 65.2 Å². The molecule has 0 bridgehead atoms. The maximum atomic E-state index is 9.58. The summed E-state index contributed by atoms with van der Waals surface area (Å²) in [7, 11) is 0. The molecular formula is C19H20N2. The fraction of sp³-hybridized carbons (Fsp3) is 0.316. The number of rotatable bonds is 3. The molecule has 1 fully saturated rings. The Morgan fingerprint density at radius 2 is 1.76 bits per heavy atom. The van der Waals surface area contributed by atoms with Gasteiger partial charge in [-0.15, -0.1) is 0 Å². The molecule has 1 N–H and O–H groups in total. The van der Waals surface area contributed by atoms with Crippen LogP contribution < -0.4 is 5.32 Å². The van der Waals surface area contributed by atoms with Crippen LogP contribution in [0, 0.1) is 25.2 Å². The summed E-state index contributed by atoms with van der Waals surface area (Å²) >= 11 is 0. The first-order chi connectivity index (χ1) is 10.1. The fourth-order valence-corrected chi connectivity index (χ4v) is 3.10. The van der Waals surface area contributed by atoms with E-state index in [1.807, 2.05) is 18.2 Å². The van der Waals surface area contributed by atoms with E-state index in [2.05, 4.69) is 55.6 Å². The number of anilines is 1. The van der Waals surface area contributed by atoms with Crippen molar-refractivity contribution in [3.63, 3.8) is 0 Å². The standard InChI is InChI=1S/C19H20N2/c1-14-8-9-17(10-15(14)2)21-18-11-19(12-18,13-20)16-6-4-3-5-7-16/h3-10,18,21H,11-12H2,1-2H3. The van der Waals surface area contributed by atoms with Gasteiger partial charge >= 0.3 is 0 Å². The largest absolute Gasteiger partial charge is 0.382 e. The second-order valence-electron chi connectivity index (χ2n) is 6.11. The van der Waals surface area contributed by atoms with E-state index in [0.29, 0.717) is 6.04 Å². The van der Waals surface area contributed by atoms with Crippen LogP contribution in [-0.2, 0) is 5.41 Å². The maximum Gasteiger partial charge on any atom is 0.0861 e. The van der Waals surface area contributed by atoms with Crippen LogP contribution in [0.4, 0.5) is 5.69 Å². The van der Waals surface area contributed by atoms with Gasteiger partial charge in [0, 0.05) is 11.7 Å². The molecule has 0 aromatic heterocycles. The number of aryl methyl sites for hydroxylation is 2. The molecule has 0 heterocycles. The van der Waals surface area contributed by atoms with Gasteiger partial charge in [0.25, 0.3) is 0 Å². The number of nitrogens with zero attached hydrogens (tertiary/aromatic N) is 1. The Balaban J connectivity index is 1.70. The highest BCUT2D eigenvalue weighted by Gasteiger charge is 2.46. The summed E-state index contributed by atoms with van der Waals surface area (Å²) in [5.74, 6) is 0. The van der Waals surface area contributed by atoms with E-state index >= 15 is 0 Å². The van der Waals surface area contributed by atoms with Crippen molar-refractivity contribution in [2.45, 2.75) is 38.1 Å². The summed E-state index contributed by atoms with van der Waals surface area (Å²) in [5, 5.41) is 13.1. The highest BCUT2D eigenvalue weighted by Crippen LogP contribution is 2.44. The van der Waals surface area contributed by atoms with E-state index in [9.17, 15) is 5.26 Å². The van der Waals surface area contributed by atoms with Crippen LogP contribution >= 0.6 is 0 Å². The van der Waals surface area contributed by atoms with Crippen molar-refractivity contribution in [2.24, 2.45) is 0 Å². The minimum Gasteiger partial charge on any atom is -0.382 e. The normalized spacial score (nSPS) is 24.0. The van der Waals surface area contributed by atoms with Gasteiger partial charge in [0.15, 0.2) is 0 Å². The number of nitriles is 1. The number of benzene rings is 2. The molecule has 2 nitrogen and oxygen atoms in total. The van der Waals surface area contributed by atoms with Gasteiger partial charge in [0.1, 0.15) is 0 Å². The van der Waals surface area contributed by atoms with Crippen molar-refractivity contribution in [1.82, 2.24) is 0 Å². The molecule has 21 heavy (non-hydrogen) atoms. The van der Waals surface area contributed by atoms with Gasteiger partial charge < -0.3 is 5.32 Å². The van der Waals surface area contributed by atoms with E-state index < -0.39 is 0 Å². The highest BCUT2D eigenvalue weighted by molar-refractivity contribution is 5.50. The molecule has 2 aromatic rings. The SMILES string of the molecule is Cc1ccc(NC2CC(C#N)(c3ccccc3)C2)cc1C. The molecule has 0 spiro atoms. The first kappa shape index (κ1) is 13.7. The van der Waals surface area contributed by atoms with Gasteiger partial charge in [-0.3, -0.25) is 0 Å². The van der Waals surface area contributed by atoms with Crippen LogP contribution in [0.15, 0.2) is 48.5 Å². The Bertz CT molecular complexity index is 676. The molecule has 1 saturated carbocycles. The van der Waals surface area contributed by atoms with Crippen molar-refractivity contribution in [1.29, 1.82) is 5.26 Å². The maximum absolute atomic E-state index is 9.58. The van der Waals surface area contributed by atoms with E-state index in [1.54, 1.807) is 0 Å². The van der Waals surface area contributed by atoms with Gasteiger partial charge in [0.2, 0.25) is 0 Å². The van der Waals surface area contributed by atoms with Crippen LogP contribution in [-0.4, -0.2) is 6.04 Å². The zero-order valence-electron chi connectivity index (χ0n) is 12.6. The second kappa shape index (κ2) is 5.26. The Hall–Kier alpha value is -2.27. The van der Waals surface area contributed by atoms with E-state index in [1.165, 1.54) is 11.1 Å². The zero-order chi connectivity index (χ0) is 14.9. The van der Waals surface area contributed by atoms with Crippen LogP contribution in [0.3, 0.4) is 0 Å². The molecule has 0 unspecified atom stereocenters. The average Bonchev–Trinajstić information content (AvgIpc) is 2.47. The van der Waals surface area contributed by atoms with Crippen molar-refractivity contribution in [3.8, 4) is 6.07 Å². The lowest BCUT2D eigenvalue weighted by molar-refractivity contribution is 0.289. The summed E-state index contributed by atoms with van der Waals surface area (Å²) in [6.07, 6.45) is 1.75. The first-order valence-electron chi connectivity index (χ1n) is 7.43. The van der Waals surface area contributed by atoms with Crippen LogP contribution in [0.1, 0.15) is 29.5 Å². The predicted octanol–water partition coefficient (Wildman–Crippen LogP) is 4.34. The Morgan fingerprint density at radius 3 is 2.38 bits per heavy atom. The summed E-state index contributed by atoms with van der Waals surface area (Å²) in [4.78, 5) is 0. The lowest BCUT2D eigenvalue weighted by atomic mass is 9.62. The van der Waals surface area contributed by atoms with Gasteiger partial charge in [-0.25, -0.2) is 0 Å². The molecule has 0 radical (unpaired) electrons. The molecule has 3 rings (SSSR count). The molecule has 0 saturated heterocycles. The first-order valence-corrected chi connectivity index (χ1v) is 7.43. The second-order valence-corrected chi connectivity index (χ2v) is 6.11. The monoisotopic (exact) mass is 276 g/mol. The molecule has 0 atom stereocenters. The molecule has 1 aliphatic carbocycles. The topological polar surface area (TPSA) is 35.8 Å². The summed E-state index contributed by atoms with van der Waals surface area (Å²) < 4.78 is 0. The third-order valence-electron chi connectivity index (χ3n) is 4.61. The minimum absolute atomic E-state index is 0.307. The molecular weight excluding hydrogens is 256 g/mol. The Labute approximate surface area is 126 Å². The smallest absolute Gasteiger partial charge is 0.0861 e. The van der Waals surface area contributed by atoms with Crippen molar-refractivity contribution in [2.75, 3.05) is 5.32 Å². The number of hydrogen-bond donors (Lipinski definition) is 1. The van der Waals surface area contributed by atoms with E-state index in [4.69, 9.17) is 0 Å². The quantitative estimate of drug-likeness (QED) is 0.905. The van der Waals surface area contributed by atoms with E-state index in [0.717, 1.165) is 24.1 Å².